The van der Waals surface area contributed by atoms with E-state index in [1.54, 1.807) is 13.0 Å². The molecule has 134 valence electrons. The molecule has 1 saturated heterocycles. The lowest BCUT2D eigenvalue weighted by atomic mass is 10.2. The second kappa shape index (κ2) is 7.79. The zero-order chi connectivity index (χ0) is 17.9. The topological polar surface area (TPSA) is 98.8 Å². The number of hydrogen-bond acceptors (Lipinski definition) is 6. The van der Waals surface area contributed by atoms with Crippen LogP contribution >= 0.6 is 22.9 Å². The van der Waals surface area contributed by atoms with E-state index in [0.717, 1.165) is 11.3 Å². The first-order valence-corrected chi connectivity index (χ1v) is 9.91. The first kappa shape index (κ1) is 19.1. The van der Waals surface area contributed by atoms with Crippen molar-refractivity contribution in [3.8, 4) is 0 Å². The monoisotopic (exact) mass is 394 g/mol. The van der Waals surface area contributed by atoms with E-state index in [1.807, 2.05) is 4.90 Å². The third kappa shape index (κ3) is 4.25. The van der Waals surface area contributed by atoms with E-state index in [0.29, 0.717) is 17.4 Å². The smallest absolute Gasteiger partial charge is 0.321 e. The Morgan fingerprint density at radius 3 is 2.38 bits per heavy atom. The summed E-state index contributed by atoms with van der Waals surface area (Å²) in [6.45, 7) is 3.04. The van der Waals surface area contributed by atoms with Gasteiger partial charge in [-0.25, -0.2) is 13.2 Å². The molecule has 0 spiro atoms. The molecule has 0 aliphatic carbocycles. The van der Waals surface area contributed by atoms with Crippen LogP contribution in [0.4, 0.5) is 4.79 Å². The number of imide groups is 1. The van der Waals surface area contributed by atoms with Gasteiger partial charge in [-0.3, -0.25) is 15.0 Å². The van der Waals surface area contributed by atoms with E-state index in [9.17, 15) is 18.0 Å². The maximum Gasteiger partial charge on any atom is 0.321 e. The number of amides is 3. The van der Waals surface area contributed by atoms with Gasteiger partial charge in [0.15, 0.2) is 0 Å². The molecule has 24 heavy (non-hydrogen) atoms. The van der Waals surface area contributed by atoms with E-state index in [-0.39, 0.29) is 17.3 Å². The summed E-state index contributed by atoms with van der Waals surface area (Å²) in [6, 6.07) is 1.96. The Morgan fingerprint density at radius 1 is 1.25 bits per heavy atom. The fourth-order valence-corrected chi connectivity index (χ4v) is 5.40. The second-order valence-electron chi connectivity index (χ2n) is 5.24. The Bertz CT molecular complexity index is 713. The lowest BCUT2D eigenvalue weighted by Gasteiger charge is -2.36. The third-order valence-electron chi connectivity index (χ3n) is 3.81. The van der Waals surface area contributed by atoms with Crippen molar-refractivity contribution in [3.05, 3.63) is 16.5 Å². The van der Waals surface area contributed by atoms with Gasteiger partial charge in [0.1, 0.15) is 4.21 Å². The highest BCUT2D eigenvalue weighted by Crippen LogP contribution is 2.28. The summed E-state index contributed by atoms with van der Waals surface area (Å²) in [6.07, 6.45) is 0. The first-order chi connectivity index (χ1) is 11.3. The molecule has 0 unspecified atom stereocenters. The Morgan fingerprint density at radius 2 is 1.88 bits per heavy atom. The number of nitrogens with zero attached hydrogens (tertiary/aromatic N) is 2. The first-order valence-electron chi connectivity index (χ1n) is 7.28. The standard InChI is InChI=1S/C13H19ClN4O4S2/c1-9(12(19)16-13(20)15-2)17-5-7-18(8-6-17)24(21,22)11-4-3-10(14)23-11/h3-4,9H,5-8H2,1-2H3,(H2,15,16,19,20)/t9-/m1/s1. The van der Waals surface area contributed by atoms with Crippen molar-refractivity contribution in [2.75, 3.05) is 33.2 Å². The number of carbonyl (C=O) groups excluding carboxylic acids is 2. The van der Waals surface area contributed by atoms with Crippen LogP contribution < -0.4 is 10.6 Å². The minimum Gasteiger partial charge on any atom is -0.341 e. The summed E-state index contributed by atoms with van der Waals surface area (Å²) >= 11 is 6.83. The molecule has 0 bridgehead atoms. The van der Waals surface area contributed by atoms with Gasteiger partial charge in [-0.2, -0.15) is 4.31 Å². The van der Waals surface area contributed by atoms with Crippen LogP contribution in [0.2, 0.25) is 4.34 Å². The molecule has 2 N–H and O–H groups in total. The molecule has 0 radical (unpaired) electrons. The molecule has 8 nitrogen and oxygen atoms in total. The summed E-state index contributed by atoms with van der Waals surface area (Å²) in [7, 11) is -2.13. The molecule has 2 heterocycles. The molecule has 3 amide bonds. The molecular weight excluding hydrogens is 376 g/mol. The maximum atomic E-state index is 12.5. The number of hydrogen-bond donors (Lipinski definition) is 2. The summed E-state index contributed by atoms with van der Waals surface area (Å²) in [5.41, 5.74) is 0. The zero-order valence-electron chi connectivity index (χ0n) is 13.3. The third-order valence-corrected chi connectivity index (χ3v) is 7.40. The van der Waals surface area contributed by atoms with Crippen molar-refractivity contribution in [3.63, 3.8) is 0 Å². The second-order valence-corrected chi connectivity index (χ2v) is 9.12. The number of sulfonamides is 1. The van der Waals surface area contributed by atoms with Gasteiger partial charge in [0.05, 0.1) is 10.4 Å². The highest BCUT2D eigenvalue weighted by molar-refractivity contribution is 7.91. The summed E-state index contributed by atoms with van der Waals surface area (Å²) < 4.78 is 27.1. The highest BCUT2D eigenvalue weighted by atomic mass is 35.5. The molecule has 11 heteroatoms. The quantitative estimate of drug-likeness (QED) is 0.777. The van der Waals surface area contributed by atoms with Crippen molar-refractivity contribution in [2.45, 2.75) is 17.2 Å². The summed E-state index contributed by atoms with van der Waals surface area (Å²) in [5, 5.41) is 4.54. The lowest BCUT2D eigenvalue weighted by Crippen LogP contribution is -2.56. The molecule has 0 aromatic carbocycles. The highest BCUT2D eigenvalue weighted by Gasteiger charge is 2.32. The van der Waals surface area contributed by atoms with Crippen LogP contribution in [0.3, 0.4) is 0 Å². The van der Waals surface area contributed by atoms with Crippen molar-refractivity contribution in [1.29, 1.82) is 0 Å². The Balaban J connectivity index is 1.96. The zero-order valence-corrected chi connectivity index (χ0v) is 15.7. The van der Waals surface area contributed by atoms with E-state index in [1.165, 1.54) is 17.4 Å². The number of urea groups is 1. The molecule has 1 aromatic heterocycles. The minimum absolute atomic E-state index is 0.214. The van der Waals surface area contributed by atoms with Crippen LogP contribution in [0.5, 0.6) is 0 Å². The number of rotatable bonds is 4. The Labute approximate surface area is 149 Å². The van der Waals surface area contributed by atoms with Gasteiger partial charge in [-0.15, -0.1) is 11.3 Å². The summed E-state index contributed by atoms with van der Waals surface area (Å²) in [5.74, 6) is -0.421. The maximum absolute atomic E-state index is 12.5. The Kier molecular flexibility index (Phi) is 6.21. The molecule has 1 fully saturated rings. The average Bonchev–Trinajstić information content (AvgIpc) is 3.01. The number of piperazine rings is 1. The SMILES string of the molecule is CNC(=O)NC(=O)[C@@H](C)N1CCN(S(=O)(=O)c2ccc(Cl)s2)CC1. The molecule has 1 atom stereocenters. The van der Waals surface area contributed by atoms with Crippen LogP contribution in [0.25, 0.3) is 0 Å². The Hall–Kier alpha value is -1.20. The van der Waals surface area contributed by atoms with Gasteiger partial charge >= 0.3 is 6.03 Å². The van der Waals surface area contributed by atoms with Gasteiger partial charge < -0.3 is 5.32 Å². The molecule has 1 aliphatic heterocycles. The van der Waals surface area contributed by atoms with Gasteiger partial charge in [0.25, 0.3) is 10.0 Å². The van der Waals surface area contributed by atoms with Crippen molar-refractivity contribution >= 4 is 44.9 Å². The van der Waals surface area contributed by atoms with Gasteiger partial charge in [-0.05, 0) is 19.1 Å². The lowest BCUT2D eigenvalue weighted by molar-refractivity contribution is -0.125. The van der Waals surface area contributed by atoms with Gasteiger partial charge in [0, 0.05) is 33.2 Å². The molecule has 1 aromatic rings. The van der Waals surface area contributed by atoms with Crippen molar-refractivity contribution in [1.82, 2.24) is 19.8 Å². The van der Waals surface area contributed by atoms with E-state index in [2.05, 4.69) is 10.6 Å². The van der Waals surface area contributed by atoms with Gasteiger partial charge in [-0.1, -0.05) is 11.6 Å². The fraction of sp³-hybridized carbons (Fsp3) is 0.538. The predicted octanol–water partition coefficient (Wildman–Crippen LogP) is 0.552. The van der Waals surface area contributed by atoms with Crippen LogP contribution in [-0.2, 0) is 14.8 Å². The van der Waals surface area contributed by atoms with Crippen LogP contribution in [0, 0.1) is 0 Å². The number of carbonyl (C=O) groups is 2. The van der Waals surface area contributed by atoms with Crippen molar-refractivity contribution < 1.29 is 18.0 Å². The summed E-state index contributed by atoms with van der Waals surface area (Å²) in [4.78, 5) is 25.0. The normalized spacial score (nSPS) is 18.1. The number of nitrogens with one attached hydrogen (secondary N) is 2. The van der Waals surface area contributed by atoms with E-state index in [4.69, 9.17) is 11.6 Å². The predicted molar refractivity (Wildman–Crippen MR) is 91.7 cm³/mol. The molecular formula is C13H19ClN4O4S2. The van der Waals surface area contributed by atoms with Crippen molar-refractivity contribution in [2.24, 2.45) is 0 Å². The average molecular weight is 395 g/mol. The fourth-order valence-electron chi connectivity index (χ4n) is 2.34. The molecule has 0 saturated carbocycles. The molecule has 2 rings (SSSR count). The minimum atomic E-state index is -3.56. The van der Waals surface area contributed by atoms with E-state index >= 15 is 0 Å². The molecule has 1 aliphatic rings. The number of halogens is 1. The van der Waals surface area contributed by atoms with Gasteiger partial charge in [0.2, 0.25) is 5.91 Å². The van der Waals surface area contributed by atoms with Crippen LogP contribution in [0.15, 0.2) is 16.3 Å². The largest absolute Gasteiger partial charge is 0.341 e. The number of thiophene rings is 1. The van der Waals surface area contributed by atoms with Crippen LogP contribution in [-0.4, -0.2) is 68.8 Å². The van der Waals surface area contributed by atoms with Crippen LogP contribution in [0.1, 0.15) is 6.92 Å². The van der Waals surface area contributed by atoms with E-state index < -0.39 is 28.0 Å².